The van der Waals surface area contributed by atoms with Gasteiger partial charge in [0, 0.05) is 18.1 Å². The Hall–Kier alpha value is -1.30. The molecule has 3 fully saturated rings. The first-order chi connectivity index (χ1) is 12.4. The van der Waals surface area contributed by atoms with Gasteiger partial charge in [-0.15, -0.1) is 0 Å². The number of ether oxygens (including phenoxy) is 1. The summed E-state index contributed by atoms with van der Waals surface area (Å²) < 4.78 is 5.98. The molecule has 0 bridgehead atoms. The number of likely N-dealkylation sites (tertiary alicyclic amines) is 1. The van der Waals surface area contributed by atoms with Crippen molar-refractivity contribution in [3.8, 4) is 5.75 Å². The van der Waals surface area contributed by atoms with E-state index in [0.29, 0.717) is 55.5 Å². The lowest BCUT2D eigenvalue weighted by atomic mass is 9.78. The normalized spacial score (nSPS) is 33.1. The quantitative estimate of drug-likeness (QED) is 0.847. The van der Waals surface area contributed by atoms with E-state index in [4.69, 9.17) is 16.3 Å². The molecule has 0 unspecified atom stereocenters. The van der Waals surface area contributed by atoms with E-state index in [-0.39, 0.29) is 17.9 Å². The average Bonchev–Trinajstić information content (AvgIpc) is 3.21. The predicted molar refractivity (Wildman–Crippen MR) is 98.1 cm³/mol. The van der Waals surface area contributed by atoms with E-state index in [0.717, 1.165) is 12.8 Å². The molecule has 5 nitrogen and oxygen atoms in total. The standard InChI is InChI=1S/C20H26ClNO4/c21-15-4-3-5-16(10-15)26-18-9-14-12-22(11-13(14)8-17(18)23)19(24)20(25)6-1-2-7-20/h3-5,10,13-14,17-18,23,25H,1-2,6-9,11-12H2/t13-,14+,17+,18+/m0/s1. The molecule has 1 aromatic carbocycles. The molecule has 4 rings (SSSR count). The molecule has 2 aliphatic carbocycles. The van der Waals surface area contributed by atoms with Crippen LogP contribution in [-0.2, 0) is 4.79 Å². The summed E-state index contributed by atoms with van der Waals surface area (Å²) >= 11 is 6.01. The number of fused-ring (bicyclic) bond motifs is 1. The van der Waals surface area contributed by atoms with Gasteiger partial charge < -0.3 is 19.8 Å². The van der Waals surface area contributed by atoms with Crippen LogP contribution in [0.5, 0.6) is 5.75 Å². The van der Waals surface area contributed by atoms with Crippen LogP contribution in [0, 0.1) is 11.8 Å². The minimum Gasteiger partial charge on any atom is -0.488 e. The zero-order chi connectivity index (χ0) is 18.3. The van der Waals surface area contributed by atoms with Gasteiger partial charge in [0.1, 0.15) is 17.5 Å². The van der Waals surface area contributed by atoms with Crippen LogP contribution < -0.4 is 4.74 Å². The number of hydrogen-bond donors (Lipinski definition) is 2. The first kappa shape index (κ1) is 18.1. The highest BCUT2D eigenvalue weighted by atomic mass is 35.5. The summed E-state index contributed by atoms with van der Waals surface area (Å²) in [4.78, 5) is 14.6. The minimum absolute atomic E-state index is 0.119. The van der Waals surface area contributed by atoms with E-state index in [1.807, 2.05) is 17.0 Å². The van der Waals surface area contributed by atoms with Crippen LogP contribution >= 0.6 is 11.6 Å². The number of carbonyl (C=O) groups excluding carboxylic acids is 1. The third-order valence-electron chi connectivity index (χ3n) is 6.28. The van der Waals surface area contributed by atoms with Crippen LogP contribution in [-0.4, -0.2) is 51.9 Å². The molecule has 0 radical (unpaired) electrons. The summed E-state index contributed by atoms with van der Waals surface area (Å²) in [5, 5.41) is 21.7. The Balaban J connectivity index is 1.41. The molecule has 1 saturated heterocycles. The van der Waals surface area contributed by atoms with Crippen LogP contribution in [0.1, 0.15) is 38.5 Å². The number of rotatable bonds is 3. The molecule has 4 atom stereocenters. The lowest BCUT2D eigenvalue weighted by molar-refractivity contribution is -0.149. The molecule has 2 saturated carbocycles. The monoisotopic (exact) mass is 379 g/mol. The van der Waals surface area contributed by atoms with Gasteiger partial charge in [-0.3, -0.25) is 4.79 Å². The molecule has 1 amide bonds. The van der Waals surface area contributed by atoms with Gasteiger partial charge in [-0.1, -0.05) is 17.7 Å². The Morgan fingerprint density at radius 2 is 1.88 bits per heavy atom. The zero-order valence-corrected chi connectivity index (χ0v) is 15.6. The molecule has 1 aliphatic heterocycles. The lowest BCUT2D eigenvalue weighted by Crippen LogP contribution is -2.46. The van der Waals surface area contributed by atoms with Gasteiger partial charge in [-0.2, -0.15) is 0 Å². The molecule has 0 spiro atoms. The molecule has 1 aromatic rings. The van der Waals surface area contributed by atoms with Gasteiger partial charge in [0.25, 0.3) is 5.91 Å². The van der Waals surface area contributed by atoms with Crippen molar-refractivity contribution in [2.24, 2.45) is 11.8 Å². The molecule has 3 aliphatic rings. The maximum Gasteiger partial charge on any atom is 0.254 e. The Labute approximate surface area is 158 Å². The van der Waals surface area contributed by atoms with Crippen LogP contribution in [0.2, 0.25) is 5.02 Å². The summed E-state index contributed by atoms with van der Waals surface area (Å²) in [5.41, 5.74) is -1.16. The summed E-state index contributed by atoms with van der Waals surface area (Å²) in [7, 11) is 0. The largest absolute Gasteiger partial charge is 0.488 e. The lowest BCUT2D eigenvalue weighted by Gasteiger charge is -2.35. The maximum atomic E-state index is 12.8. The molecular weight excluding hydrogens is 354 g/mol. The number of carbonyl (C=O) groups is 1. The van der Waals surface area contributed by atoms with Crippen LogP contribution in [0.4, 0.5) is 0 Å². The Morgan fingerprint density at radius 1 is 1.19 bits per heavy atom. The van der Waals surface area contributed by atoms with Crippen molar-refractivity contribution < 1.29 is 19.7 Å². The van der Waals surface area contributed by atoms with Crippen molar-refractivity contribution in [1.29, 1.82) is 0 Å². The Bertz CT molecular complexity index is 676. The van der Waals surface area contributed by atoms with E-state index >= 15 is 0 Å². The van der Waals surface area contributed by atoms with Gasteiger partial charge in [0.2, 0.25) is 0 Å². The first-order valence-electron chi connectivity index (χ1n) is 9.57. The number of amides is 1. The highest BCUT2D eigenvalue weighted by Crippen LogP contribution is 2.40. The fourth-order valence-corrected chi connectivity index (χ4v) is 5.05. The first-order valence-corrected chi connectivity index (χ1v) is 9.94. The second-order valence-electron chi connectivity index (χ2n) is 8.12. The summed E-state index contributed by atoms with van der Waals surface area (Å²) in [6, 6.07) is 7.20. The van der Waals surface area contributed by atoms with Gasteiger partial charge in [0.15, 0.2) is 0 Å². The van der Waals surface area contributed by atoms with E-state index in [2.05, 4.69) is 0 Å². The predicted octanol–water partition coefficient (Wildman–Crippen LogP) is 2.62. The van der Waals surface area contributed by atoms with Gasteiger partial charge >= 0.3 is 0 Å². The summed E-state index contributed by atoms with van der Waals surface area (Å²) in [6.07, 6.45) is 3.45. The molecule has 2 N–H and O–H groups in total. The molecule has 0 aromatic heterocycles. The number of halogens is 1. The van der Waals surface area contributed by atoms with Crippen molar-refractivity contribution in [3.63, 3.8) is 0 Å². The SMILES string of the molecule is O=C(N1C[C@H]2C[C@@H](Oc3cccc(Cl)c3)[C@H](O)C[C@H]2C1)C1(O)CCCC1. The number of benzene rings is 1. The molecular formula is C20H26ClNO4. The summed E-state index contributed by atoms with van der Waals surface area (Å²) in [5.74, 6) is 1.12. The summed E-state index contributed by atoms with van der Waals surface area (Å²) in [6.45, 7) is 1.28. The fourth-order valence-electron chi connectivity index (χ4n) is 4.87. The second-order valence-corrected chi connectivity index (χ2v) is 8.56. The topological polar surface area (TPSA) is 70.0 Å². The van der Waals surface area contributed by atoms with Crippen molar-refractivity contribution in [3.05, 3.63) is 29.3 Å². The second kappa shape index (κ2) is 7.02. The van der Waals surface area contributed by atoms with Gasteiger partial charge in [-0.25, -0.2) is 0 Å². The smallest absolute Gasteiger partial charge is 0.254 e. The van der Waals surface area contributed by atoms with E-state index in [1.165, 1.54) is 0 Å². The highest BCUT2D eigenvalue weighted by molar-refractivity contribution is 6.30. The number of hydrogen-bond acceptors (Lipinski definition) is 4. The Kier molecular flexibility index (Phi) is 4.88. The van der Waals surface area contributed by atoms with E-state index in [1.54, 1.807) is 12.1 Å². The zero-order valence-electron chi connectivity index (χ0n) is 14.8. The highest BCUT2D eigenvalue weighted by Gasteiger charge is 2.48. The molecule has 6 heteroatoms. The third-order valence-corrected chi connectivity index (χ3v) is 6.52. The number of aliphatic hydroxyl groups is 2. The van der Waals surface area contributed by atoms with Crippen molar-refractivity contribution in [2.75, 3.05) is 13.1 Å². The fraction of sp³-hybridized carbons (Fsp3) is 0.650. The van der Waals surface area contributed by atoms with Crippen molar-refractivity contribution in [1.82, 2.24) is 4.90 Å². The van der Waals surface area contributed by atoms with Crippen LogP contribution in [0.3, 0.4) is 0 Å². The minimum atomic E-state index is -1.16. The van der Waals surface area contributed by atoms with Crippen molar-refractivity contribution in [2.45, 2.75) is 56.3 Å². The molecule has 26 heavy (non-hydrogen) atoms. The average molecular weight is 380 g/mol. The van der Waals surface area contributed by atoms with Gasteiger partial charge in [0.05, 0.1) is 6.10 Å². The van der Waals surface area contributed by atoms with Crippen LogP contribution in [0.25, 0.3) is 0 Å². The maximum absolute atomic E-state index is 12.8. The number of nitrogens with zero attached hydrogens (tertiary/aromatic N) is 1. The third kappa shape index (κ3) is 3.45. The Morgan fingerprint density at radius 3 is 2.58 bits per heavy atom. The van der Waals surface area contributed by atoms with Crippen molar-refractivity contribution >= 4 is 17.5 Å². The van der Waals surface area contributed by atoms with E-state index in [9.17, 15) is 15.0 Å². The molecule has 142 valence electrons. The number of aliphatic hydroxyl groups excluding tert-OH is 1. The van der Waals surface area contributed by atoms with Gasteiger partial charge in [-0.05, 0) is 68.6 Å². The molecule has 1 heterocycles. The van der Waals surface area contributed by atoms with E-state index < -0.39 is 11.7 Å². The van der Waals surface area contributed by atoms with Crippen LogP contribution in [0.15, 0.2) is 24.3 Å².